The Morgan fingerprint density at radius 1 is 1.05 bits per heavy atom. The van der Waals surface area contributed by atoms with E-state index in [4.69, 9.17) is 0 Å². The van der Waals surface area contributed by atoms with Crippen LogP contribution in [-0.4, -0.2) is 28.6 Å². The number of urea groups is 1. The number of thioether (sulfide) groups is 1. The van der Waals surface area contributed by atoms with Crippen LogP contribution >= 0.6 is 23.1 Å². The first-order valence-corrected chi connectivity index (χ1v) is 8.56. The average Bonchev–Trinajstić information content (AvgIpc) is 3.20. The van der Waals surface area contributed by atoms with Gasteiger partial charge in [-0.1, -0.05) is 24.3 Å². The van der Waals surface area contributed by atoms with Crippen LogP contribution in [0.15, 0.2) is 47.8 Å². The topological polar surface area (TPSA) is 40.6 Å². The van der Waals surface area contributed by atoms with Gasteiger partial charge in [-0.25, -0.2) is 9.69 Å². The number of hydrogen-bond acceptors (Lipinski definition) is 4. The molecule has 21 heavy (non-hydrogen) atoms. The molecule has 2 aromatic rings. The molecule has 2 atom stereocenters. The first-order chi connectivity index (χ1) is 10.3. The standard InChI is InChI=1S/C15H12N2O2S2/c18-13-11-9-21-14(12-7-4-8-20-12)17(11)15(19)16(13)10-5-2-1-3-6-10/h1-8,11,14H,9H2/t11-,14+/m1/s1. The second-order valence-electron chi connectivity index (χ2n) is 4.92. The molecule has 1 aromatic carbocycles. The number of thiophene rings is 1. The van der Waals surface area contributed by atoms with Gasteiger partial charge in [-0.15, -0.1) is 23.1 Å². The van der Waals surface area contributed by atoms with Gasteiger partial charge in [-0.3, -0.25) is 9.69 Å². The fraction of sp³-hybridized carbons (Fsp3) is 0.200. The normalized spacial score (nSPS) is 24.8. The summed E-state index contributed by atoms with van der Waals surface area (Å²) in [5.74, 6) is 0.550. The maximum absolute atomic E-state index is 12.7. The summed E-state index contributed by atoms with van der Waals surface area (Å²) in [6.07, 6.45) is 0. The molecule has 3 heterocycles. The van der Waals surface area contributed by atoms with Gasteiger partial charge in [-0.05, 0) is 23.6 Å². The first-order valence-electron chi connectivity index (χ1n) is 6.63. The van der Waals surface area contributed by atoms with Gasteiger partial charge in [0.05, 0.1) is 5.69 Å². The van der Waals surface area contributed by atoms with Crippen molar-refractivity contribution < 1.29 is 9.59 Å². The lowest BCUT2D eigenvalue weighted by molar-refractivity contribution is -0.119. The van der Waals surface area contributed by atoms with E-state index < -0.39 is 0 Å². The van der Waals surface area contributed by atoms with Crippen molar-refractivity contribution in [3.05, 3.63) is 52.7 Å². The molecule has 2 aliphatic heterocycles. The number of hydrogen-bond donors (Lipinski definition) is 0. The van der Waals surface area contributed by atoms with Gasteiger partial charge in [0.1, 0.15) is 11.4 Å². The Hall–Kier alpha value is -1.79. The number of rotatable bonds is 2. The van der Waals surface area contributed by atoms with Gasteiger partial charge in [0.15, 0.2) is 0 Å². The van der Waals surface area contributed by atoms with Crippen molar-refractivity contribution in [2.45, 2.75) is 11.4 Å². The number of para-hydroxylation sites is 1. The molecular formula is C15H12N2O2S2. The fourth-order valence-corrected chi connectivity index (χ4v) is 5.14. The van der Waals surface area contributed by atoms with Gasteiger partial charge >= 0.3 is 6.03 Å². The van der Waals surface area contributed by atoms with Crippen molar-refractivity contribution >= 4 is 40.7 Å². The van der Waals surface area contributed by atoms with Gasteiger partial charge in [-0.2, -0.15) is 0 Å². The molecule has 4 rings (SSSR count). The molecule has 0 bridgehead atoms. The van der Waals surface area contributed by atoms with Gasteiger partial charge in [0.2, 0.25) is 0 Å². The molecule has 106 valence electrons. The predicted octanol–water partition coefficient (Wildman–Crippen LogP) is 3.33. The van der Waals surface area contributed by atoms with E-state index in [0.717, 1.165) is 4.88 Å². The molecule has 2 fully saturated rings. The maximum Gasteiger partial charge on any atom is 0.333 e. The predicted molar refractivity (Wildman–Crippen MR) is 84.5 cm³/mol. The Kier molecular flexibility index (Phi) is 3.01. The lowest BCUT2D eigenvalue weighted by Gasteiger charge is -2.21. The molecule has 4 nitrogen and oxygen atoms in total. The van der Waals surface area contributed by atoms with Crippen LogP contribution in [0.25, 0.3) is 0 Å². The summed E-state index contributed by atoms with van der Waals surface area (Å²) in [6.45, 7) is 0. The number of imide groups is 1. The van der Waals surface area contributed by atoms with E-state index in [1.165, 1.54) is 4.90 Å². The van der Waals surface area contributed by atoms with Crippen molar-refractivity contribution in [3.63, 3.8) is 0 Å². The van der Waals surface area contributed by atoms with Crippen molar-refractivity contribution in [1.29, 1.82) is 0 Å². The Bertz CT molecular complexity index is 687. The van der Waals surface area contributed by atoms with Crippen LogP contribution in [0.3, 0.4) is 0 Å². The quantitative estimate of drug-likeness (QED) is 0.798. The molecular weight excluding hydrogens is 304 g/mol. The fourth-order valence-electron chi connectivity index (χ4n) is 2.75. The van der Waals surface area contributed by atoms with E-state index in [9.17, 15) is 9.59 Å². The average molecular weight is 316 g/mol. The first kappa shape index (κ1) is 12.9. The lowest BCUT2D eigenvalue weighted by atomic mass is 10.2. The van der Waals surface area contributed by atoms with Crippen molar-refractivity contribution in [2.24, 2.45) is 0 Å². The van der Waals surface area contributed by atoms with Crippen LogP contribution < -0.4 is 4.90 Å². The third-order valence-corrected chi connectivity index (χ3v) is 6.10. The summed E-state index contributed by atoms with van der Waals surface area (Å²) in [5, 5.41) is 1.96. The van der Waals surface area contributed by atoms with Crippen molar-refractivity contribution in [3.8, 4) is 0 Å². The smallest absolute Gasteiger partial charge is 0.294 e. The Labute approximate surface area is 130 Å². The highest BCUT2D eigenvalue weighted by molar-refractivity contribution is 7.99. The number of carbonyl (C=O) groups is 2. The maximum atomic E-state index is 12.7. The second kappa shape index (κ2) is 4.89. The minimum atomic E-state index is -0.338. The van der Waals surface area contributed by atoms with Gasteiger partial charge < -0.3 is 0 Å². The number of carbonyl (C=O) groups excluding carboxylic acids is 2. The minimum Gasteiger partial charge on any atom is -0.294 e. The molecule has 0 saturated carbocycles. The van der Waals surface area contributed by atoms with Crippen LogP contribution in [0.1, 0.15) is 10.3 Å². The summed E-state index contributed by atoms with van der Waals surface area (Å²) in [5.41, 5.74) is 0.650. The van der Waals surface area contributed by atoms with Gasteiger partial charge in [0.25, 0.3) is 5.91 Å². The van der Waals surface area contributed by atoms with Crippen LogP contribution in [-0.2, 0) is 4.79 Å². The van der Waals surface area contributed by atoms with Crippen LogP contribution in [0.5, 0.6) is 0 Å². The molecule has 0 radical (unpaired) electrons. The molecule has 2 aliphatic rings. The van der Waals surface area contributed by atoms with Crippen LogP contribution in [0.2, 0.25) is 0 Å². The monoisotopic (exact) mass is 316 g/mol. The summed E-state index contributed by atoms with van der Waals surface area (Å²) in [4.78, 5) is 29.5. The molecule has 0 N–H and O–H groups in total. The van der Waals surface area contributed by atoms with E-state index in [1.54, 1.807) is 40.1 Å². The van der Waals surface area contributed by atoms with Crippen LogP contribution in [0.4, 0.5) is 10.5 Å². The largest absolute Gasteiger partial charge is 0.333 e. The summed E-state index contributed by atoms with van der Waals surface area (Å²) in [7, 11) is 0. The zero-order chi connectivity index (χ0) is 14.4. The summed E-state index contributed by atoms with van der Waals surface area (Å²) < 4.78 is 0. The SMILES string of the molecule is O=C1[C@H]2CS[C@@H](c3cccs3)N2C(=O)N1c1ccccc1. The number of anilines is 1. The Balaban J connectivity index is 1.71. The van der Waals surface area contributed by atoms with Gasteiger partial charge in [0, 0.05) is 10.6 Å². The number of benzene rings is 1. The number of nitrogens with zero attached hydrogens (tertiary/aromatic N) is 2. The highest BCUT2D eigenvalue weighted by Gasteiger charge is 2.53. The van der Waals surface area contributed by atoms with E-state index in [2.05, 4.69) is 0 Å². The van der Waals surface area contributed by atoms with E-state index in [1.807, 2.05) is 35.7 Å². The zero-order valence-electron chi connectivity index (χ0n) is 11.0. The Morgan fingerprint density at radius 3 is 2.57 bits per heavy atom. The molecule has 1 aromatic heterocycles. The van der Waals surface area contributed by atoms with Crippen molar-refractivity contribution in [1.82, 2.24) is 4.90 Å². The third kappa shape index (κ3) is 1.90. The molecule has 0 spiro atoms. The van der Waals surface area contributed by atoms with E-state index in [-0.39, 0.29) is 23.4 Å². The molecule has 6 heteroatoms. The third-order valence-electron chi connectivity index (χ3n) is 3.72. The molecule has 2 saturated heterocycles. The highest BCUT2D eigenvalue weighted by atomic mass is 32.2. The Morgan fingerprint density at radius 2 is 1.86 bits per heavy atom. The molecule has 0 aliphatic carbocycles. The molecule has 3 amide bonds. The van der Waals surface area contributed by atoms with E-state index >= 15 is 0 Å². The molecule has 0 unspecified atom stereocenters. The second-order valence-corrected chi connectivity index (χ2v) is 7.01. The highest BCUT2D eigenvalue weighted by Crippen LogP contribution is 2.47. The lowest BCUT2D eigenvalue weighted by Crippen LogP contribution is -2.33. The van der Waals surface area contributed by atoms with Crippen molar-refractivity contribution in [2.75, 3.05) is 10.7 Å². The number of amides is 3. The zero-order valence-corrected chi connectivity index (χ0v) is 12.6. The minimum absolute atomic E-state index is 0.0415. The van der Waals surface area contributed by atoms with E-state index in [0.29, 0.717) is 11.4 Å². The number of fused-ring (bicyclic) bond motifs is 1. The summed E-state index contributed by atoms with van der Waals surface area (Å²) in [6, 6.07) is 12.6. The van der Waals surface area contributed by atoms with Crippen LogP contribution in [0, 0.1) is 0 Å². The summed E-state index contributed by atoms with van der Waals surface area (Å²) >= 11 is 3.29.